The van der Waals surface area contributed by atoms with Crippen LogP contribution in [0.3, 0.4) is 0 Å². The van der Waals surface area contributed by atoms with Gasteiger partial charge in [0.25, 0.3) is 0 Å². The molecule has 1 N–H and O–H groups in total. The largest absolute Gasteiger partial charge is 0.393 e. The summed E-state index contributed by atoms with van der Waals surface area (Å²) in [6.45, 7) is 1.61. The van der Waals surface area contributed by atoms with Crippen molar-refractivity contribution in [2.75, 3.05) is 0 Å². The van der Waals surface area contributed by atoms with Crippen LogP contribution in [0.2, 0.25) is 0 Å². The predicted octanol–water partition coefficient (Wildman–Crippen LogP) is 1.13. The maximum atomic E-state index is 10.8. The summed E-state index contributed by atoms with van der Waals surface area (Å²) >= 11 is 0. The van der Waals surface area contributed by atoms with Crippen LogP contribution in [0.4, 0.5) is 0 Å². The Bertz CT molecular complexity index is 131. The number of carbonyl (C=O) groups is 1. The SMILES string of the molecule is CC(=O)[C@H]1CCC[C@@H](O)C1. The van der Waals surface area contributed by atoms with Crippen molar-refractivity contribution in [1.82, 2.24) is 0 Å². The van der Waals surface area contributed by atoms with Crippen molar-refractivity contribution in [2.45, 2.75) is 38.7 Å². The Hall–Kier alpha value is -0.370. The topological polar surface area (TPSA) is 37.3 Å². The van der Waals surface area contributed by atoms with Gasteiger partial charge in [0.2, 0.25) is 0 Å². The normalized spacial score (nSPS) is 33.8. The molecule has 1 aliphatic carbocycles. The third kappa shape index (κ3) is 1.81. The van der Waals surface area contributed by atoms with Crippen LogP contribution in [0.5, 0.6) is 0 Å². The summed E-state index contributed by atoms with van der Waals surface area (Å²) in [6, 6.07) is 0. The molecule has 2 nitrogen and oxygen atoms in total. The van der Waals surface area contributed by atoms with E-state index in [1.54, 1.807) is 6.92 Å². The van der Waals surface area contributed by atoms with Gasteiger partial charge in [0, 0.05) is 5.92 Å². The van der Waals surface area contributed by atoms with Crippen molar-refractivity contribution in [1.29, 1.82) is 0 Å². The second-order valence-electron chi connectivity index (χ2n) is 3.13. The van der Waals surface area contributed by atoms with Crippen LogP contribution in [0.1, 0.15) is 32.6 Å². The summed E-state index contributed by atoms with van der Waals surface area (Å²) in [7, 11) is 0. The average molecular weight is 142 g/mol. The zero-order valence-corrected chi connectivity index (χ0v) is 6.34. The number of aliphatic hydroxyl groups is 1. The zero-order valence-electron chi connectivity index (χ0n) is 6.34. The molecule has 10 heavy (non-hydrogen) atoms. The van der Waals surface area contributed by atoms with E-state index >= 15 is 0 Å². The number of hydrogen-bond donors (Lipinski definition) is 1. The van der Waals surface area contributed by atoms with Gasteiger partial charge in [0.05, 0.1) is 6.10 Å². The second kappa shape index (κ2) is 3.15. The standard InChI is InChI=1S/C8H14O2/c1-6(9)7-3-2-4-8(10)5-7/h7-8,10H,2-5H2,1H3/t7-,8+/m0/s1. The van der Waals surface area contributed by atoms with Gasteiger partial charge in [-0.3, -0.25) is 4.79 Å². The van der Waals surface area contributed by atoms with E-state index in [1.807, 2.05) is 0 Å². The van der Waals surface area contributed by atoms with Gasteiger partial charge in [-0.25, -0.2) is 0 Å². The molecule has 0 bridgehead atoms. The van der Waals surface area contributed by atoms with Crippen LogP contribution < -0.4 is 0 Å². The first-order valence-corrected chi connectivity index (χ1v) is 3.88. The predicted molar refractivity (Wildman–Crippen MR) is 38.6 cm³/mol. The highest BCUT2D eigenvalue weighted by Crippen LogP contribution is 2.24. The lowest BCUT2D eigenvalue weighted by atomic mass is 9.85. The molecule has 2 atom stereocenters. The van der Waals surface area contributed by atoms with E-state index in [-0.39, 0.29) is 17.8 Å². The first-order valence-electron chi connectivity index (χ1n) is 3.88. The Morgan fingerprint density at radius 2 is 2.20 bits per heavy atom. The first kappa shape index (κ1) is 7.73. The average Bonchev–Trinajstić information content (AvgIpc) is 1.88. The quantitative estimate of drug-likeness (QED) is 0.595. The van der Waals surface area contributed by atoms with E-state index in [0.29, 0.717) is 6.42 Å². The minimum Gasteiger partial charge on any atom is -0.393 e. The minimum atomic E-state index is -0.220. The van der Waals surface area contributed by atoms with Crippen molar-refractivity contribution in [3.63, 3.8) is 0 Å². The monoisotopic (exact) mass is 142 g/mol. The molecular weight excluding hydrogens is 128 g/mol. The molecule has 2 heteroatoms. The summed E-state index contributed by atoms with van der Waals surface area (Å²) in [5, 5.41) is 9.18. The molecule has 0 aliphatic heterocycles. The molecule has 0 saturated heterocycles. The number of carbonyl (C=O) groups excluding carboxylic acids is 1. The van der Waals surface area contributed by atoms with Gasteiger partial charge in [-0.2, -0.15) is 0 Å². The summed E-state index contributed by atoms with van der Waals surface area (Å²) in [5.74, 6) is 0.377. The molecule has 1 fully saturated rings. The van der Waals surface area contributed by atoms with Crippen LogP contribution >= 0.6 is 0 Å². The number of Topliss-reactive ketones (excluding diaryl/α,β-unsaturated/α-hetero) is 1. The van der Waals surface area contributed by atoms with Crippen molar-refractivity contribution >= 4 is 5.78 Å². The lowest BCUT2D eigenvalue weighted by Gasteiger charge is -2.23. The summed E-state index contributed by atoms with van der Waals surface area (Å²) < 4.78 is 0. The van der Waals surface area contributed by atoms with E-state index < -0.39 is 0 Å². The molecule has 0 aromatic heterocycles. The maximum absolute atomic E-state index is 10.8. The molecule has 1 rings (SSSR count). The molecular formula is C8H14O2. The maximum Gasteiger partial charge on any atom is 0.133 e. The lowest BCUT2D eigenvalue weighted by Crippen LogP contribution is -2.23. The molecule has 0 radical (unpaired) electrons. The highest BCUT2D eigenvalue weighted by Gasteiger charge is 2.22. The highest BCUT2D eigenvalue weighted by molar-refractivity contribution is 5.78. The Balaban J connectivity index is 2.39. The Morgan fingerprint density at radius 3 is 2.60 bits per heavy atom. The molecule has 0 spiro atoms. The van der Waals surface area contributed by atoms with E-state index in [0.717, 1.165) is 19.3 Å². The van der Waals surface area contributed by atoms with Crippen LogP contribution in [-0.2, 0) is 4.79 Å². The fourth-order valence-electron chi connectivity index (χ4n) is 1.53. The van der Waals surface area contributed by atoms with Crippen LogP contribution in [-0.4, -0.2) is 17.0 Å². The van der Waals surface area contributed by atoms with E-state index in [9.17, 15) is 9.90 Å². The third-order valence-corrected chi connectivity index (χ3v) is 2.22. The van der Waals surface area contributed by atoms with Crippen molar-refractivity contribution in [3.8, 4) is 0 Å². The zero-order chi connectivity index (χ0) is 7.56. The lowest BCUT2D eigenvalue weighted by molar-refractivity contribution is -0.122. The van der Waals surface area contributed by atoms with Crippen LogP contribution in [0.15, 0.2) is 0 Å². The van der Waals surface area contributed by atoms with Gasteiger partial charge in [-0.15, -0.1) is 0 Å². The van der Waals surface area contributed by atoms with E-state index in [4.69, 9.17) is 0 Å². The van der Waals surface area contributed by atoms with Crippen molar-refractivity contribution < 1.29 is 9.90 Å². The molecule has 0 aromatic carbocycles. The smallest absolute Gasteiger partial charge is 0.133 e. The highest BCUT2D eigenvalue weighted by atomic mass is 16.3. The van der Waals surface area contributed by atoms with Crippen LogP contribution in [0, 0.1) is 5.92 Å². The third-order valence-electron chi connectivity index (χ3n) is 2.22. The molecule has 1 aliphatic rings. The van der Waals surface area contributed by atoms with E-state index in [1.165, 1.54) is 0 Å². The van der Waals surface area contributed by atoms with Crippen molar-refractivity contribution in [3.05, 3.63) is 0 Å². The number of aliphatic hydroxyl groups excluding tert-OH is 1. The molecule has 1 saturated carbocycles. The summed E-state index contributed by atoms with van der Waals surface area (Å²) in [4.78, 5) is 10.8. The Labute approximate surface area is 61.2 Å². The van der Waals surface area contributed by atoms with E-state index in [2.05, 4.69) is 0 Å². The minimum absolute atomic E-state index is 0.142. The van der Waals surface area contributed by atoms with Crippen LogP contribution in [0.25, 0.3) is 0 Å². The molecule has 58 valence electrons. The van der Waals surface area contributed by atoms with Gasteiger partial charge in [-0.05, 0) is 26.2 Å². The fraction of sp³-hybridized carbons (Fsp3) is 0.875. The second-order valence-corrected chi connectivity index (χ2v) is 3.13. The van der Waals surface area contributed by atoms with Gasteiger partial charge < -0.3 is 5.11 Å². The Kier molecular flexibility index (Phi) is 2.44. The van der Waals surface area contributed by atoms with Gasteiger partial charge in [0.15, 0.2) is 0 Å². The van der Waals surface area contributed by atoms with Gasteiger partial charge >= 0.3 is 0 Å². The molecule has 0 heterocycles. The summed E-state index contributed by atoms with van der Waals surface area (Å²) in [6.07, 6.45) is 3.33. The van der Waals surface area contributed by atoms with Gasteiger partial charge in [-0.1, -0.05) is 6.42 Å². The number of ketones is 1. The van der Waals surface area contributed by atoms with Gasteiger partial charge in [0.1, 0.15) is 5.78 Å². The fourth-order valence-corrected chi connectivity index (χ4v) is 1.53. The molecule has 0 aromatic rings. The number of hydrogen-bond acceptors (Lipinski definition) is 2. The first-order chi connectivity index (χ1) is 4.70. The Morgan fingerprint density at radius 1 is 1.50 bits per heavy atom. The van der Waals surface area contributed by atoms with Crippen molar-refractivity contribution in [2.24, 2.45) is 5.92 Å². The number of rotatable bonds is 1. The molecule has 0 unspecified atom stereocenters. The molecule has 0 amide bonds. The summed E-state index contributed by atoms with van der Waals surface area (Å²) in [5.41, 5.74) is 0.